The van der Waals surface area contributed by atoms with Gasteiger partial charge in [0.15, 0.2) is 11.5 Å². The molecule has 1 aliphatic carbocycles. The van der Waals surface area contributed by atoms with E-state index in [1.807, 2.05) is 0 Å². The number of ether oxygens (including phenoxy) is 3. The van der Waals surface area contributed by atoms with Gasteiger partial charge in [0.1, 0.15) is 5.76 Å². The molecule has 1 aromatic rings. The lowest BCUT2D eigenvalue weighted by Gasteiger charge is -2.34. The predicted molar refractivity (Wildman–Crippen MR) is 91.1 cm³/mol. The van der Waals surface area contributed by atoms with Crippen LogP contribution in [0.5, 0.6) is 0 Å². The molecule has 0 amide bonds. The van der Waals surface area contributed by atoms with Crippen LogP contribution in [0.15, 0.2) is 65.7 Å². The van der Waals surface area contributed by atoms with Crippen molar-refractivity contribution in [2.75, 3.05) is 14.2 Å². The smallest absolute Gasteiger partial charge is 0.303 e. The molecule has 1 aromatic carbocycles. The van der Waals surface area contributed by atoms with Gasteiger partial charge in [-0.2, -0.15) is 0 Å². The molecule has 1 aliphatic rings. The molecule has 0 fully saturated rings. The molecule has 1 N–H and O–H groups in total. The number of carbonyl (C=O) groups is 2. The maximum atomic E-state index is 14.9. The van der Waals surface area contributed by atoms with Crippen molar-refractivity contribution in [1.29, 1.82) is 0 Å². The fraction of sp³-hybridized carbons (Fsp3) is 0.263. The van der Waals surface area contributed by atoms with Gasteiger partial charge in [-0.05, 0) is 12.2 Å². The Morgan fingerprint density at radius 2 is 1.88 bits per heavy atom. The Balaban J connectivity index is 2.43. The first-order chi connectivity index (χ1) is 12.3. The molecular weight excluding hydrogens is 343 g/mol. The van der Waals surface area contributed by atoms with Gasteiger partial charge in [-0.25, -0.2) is 4.39 Å². The van der Waals surface area contributed by atoms with Crippen molar-refractivity contribution in [3.05, 3.63) is 71.2 Å². The van der Waals surface area contributed by atoms with E-state index in [-0.39, 0.29) is 17.1 Å². The number of esters is 1. The molecule has 26 heavy (non-hydrogen) atoms. The third kappa shape index (κ3) is 4.00. The van der Waals surface area contributed by atoms with Gasteiger partial charge in [0, 0.05) is 25.7 Å². The Hall–Kier alpha value is -2.93. The van der Waals surface area contributed by atoms with E-state index >= 15 is 0 Å². The molecule has 0 saturated heterocycles. The van der Waals surface area contributed by atoms with Gasteiger partial charge in [-0.15, -0.1) is 0 Å². The van der Waals surface area contributed by atoms with E-state index in [4.69, 9.17) is 14.2 Å². The molecule has 7 heteroatoms. The summed E-state index contributed by atoms with van der Waals surface area (Å²) < 4.78 is 29.8. The number of benzene rings is 1. The van der Waals surface area contributed by atoms with Crippen LogP contribution in [0.3, 0.4) is 0 Å². The largest absolute Gasteiger partial charge is 0.507 e. The highest BCUT2D eigenvalue weighted by Crippen LogP contribution is 2.37. The molecule has 0 spiro atoms. The SMILES string of the molecule is COC1=C(C=CC(=O)c2ccccc2)C(O)=CC(F)(OC)C1OC(C)=O. The lowest BCUT2D eigenvalue weighted by atomic mass is 9.95. The summed E-state index contributed by atoms with van der Waals surface area (Å²) in [6.45, 7) is 1.11. The first-order valence-electron chi connectivity index (χ1n) is 7.71. The Morgan fingerprint density at radius 3 is 2.42 bits per heavy atom. The molecule has 0 saturated carbocycles. The number of hydrogen-bond acceptors (Lipinski definition) is 6. The summed E-state index contributed by atoms with van der Waals surface area (Å²) in [6.07, 6.45) is 1.66. The van der Waals surface area contributed by atoms with E-state index in [9.17, 15) is 19.1 Å². The van der Waals surface area contributed by atoms with E-state index in [0.29, 0.717) is 5.56 Å². The number of hydrogen-bond donors (Lipinski definition) is 1. The molecular formula is C19H19FO6. The van der Waals surface area contributed by atoms with Gasteiger partial charge in [0.25, 0.3) is 5.85 Å². The Morgan fingerprint density at radius 1 is 1.23 bits per heavy atom. The molecule has 0 aromatic heterocycles. The van der Waals surface area contributed by atoms with E-state index in [0.717, 1.165) is 20.1 Å². The standard InChI is InChI=1S/C19H19FO6/c1-12(21)26-18-17(24-2)14(16(23)11-19(18,20)25-3)9-10-15(22)13-7-5-4-6-8-13/h4-11,18,23H,1-3H3. The molecule has 138 valence electrons. The van der Waals surface area contributed by atoms with Crippen LogP contribution < -0.4 is 0 Å². The molecule has 2 unspecified atom stereocenters. The maximum absolute atomic E-state index is 14.9. The average Bonchev–Trinajstić information content (AvgIpc) is 2.63. The van der Waals surface area contributed by atoms with Crippen molar-refractivity contribution in [3.8, 4) is 0 Å². The fourth-order valence-electron chi connectivity index (χ4n) is 2.49. The first-order valence-corrected chi connectivity index (χ1v) is 7.71. The van der Waals surface area contributed by atoms with Gasteiger partial charge in [0.05, 0.1) is 12.7 Å². The fourth-order valence-corrected chi connectivity index (χ4v) is 2.49. The second-order valence-electron chi connectivity index (χ2n) is 5.47. The van der Waals surface area contributed by atoms with E-state index in [2.05, 4.69) is 0 Å². The molecule has 2 rings (SSSR count). The quantitative estimate of drug-likeness (QED) is 0.476. The number of carbonyl (C=O) groups excluding carboxylic acids is 2. The third-order valence-corrected chi connectivity index (χ3v) is 3.75. The van der Waals surface area contributed by atoms with Crippen LogP contribution in [0.2, 0.25) is 0 Å². The second kappa shape index (κ2) is 7.97. The average molecular weight is 362 g/mol. The Bertz CT molecular complexity index is 780. The van der Waals surface area contributed by atoms with Crippen LogP contribution in [0.1, 0.15) is 17.3 Å². The number of halogens is 1. The minimum atomic E-state index is -2.61. The summed E-state index contributed by atoms with van der Waals surface area (Å²) in [7, 11) is 2.29. The normalized spacial score (nSPS) is 22.9. The minimum Gasteiger partial charge on any atom is -0.507 e. The van der Waals surface area contributed by atoms with Crippen LogP contribution in [0.25, 0.3) is 0 Å². The summed E-state index contributed by atoms with van der Waals surface area (Å²) in [4.78, 5) is 23.5. The Labute approximate surface area is 150 Å². The highest BCUT2D eigenvalue weighted by atomic mass is 19.2. The monoisotopic (exact) mass is 362 g/mol. The molecule has 6 nitrogen and oxygen atoms in total. The van der Waals surface area contributed by atoms with Crippen molar-refractivity contribution in [2.24, 2.45) is 0 Å². The van der Waals surface area contributed by atoms with Crippen LogP contribution in [0, 0.1) is 0 Å². The number of allylic oxidation sites excluding steroid dienone is 2. The van der Waals surface area contributed by atoms with Gasteiger partial charge < -0.3 is 19.3 Å². The molecule has 0 heterocycles. The van der Waals surface area contributed by atoms with Gasteiger partial charge >= 0.3 is 5.97 Å². The van der Waals surface area contributed by atoms with Crippen LogP contribution in [-0.4, -0.2) is 43.0 Å². The molecule has 0 radical (unpaired) electrons. The number of aliphatic hydroxyl groups is 1. The highest BCUT2D eigenvalue weighted by Gasteiger charge is 2.48. The van der Waals surface area contributed by atoms with E-state index in [1.54, 1.807) is 30.3 Å². The number of rotatable bonds is 6. The van der Waals surface area contributed by atoms with Gasteiger partial charge in [0.2, 0.25) is 6.10 Å². The number of methoxy groups -OCH3 is 2. The zero-order chi connectivity index (χ0) is 19.3. The summed E-state index contributed by atoms with van der Waals surface area (Å²) in [5.74, 6) is -4.38. The van der Waals surface area contributed by atoms with Crippen molar-refractivity contribution in [3.63, 3.8) is 0 Å². The summed E-state index contributed by atoms with van der Waals surface area (Å²) >= 11 is 0. The Kier molecular flexibility index (Phi) is 5.94. The lowest BCUT2D eigenvalue weighted by molar-refractivity contribution is -0.188. The van der Waals surface area contributed by atoms with Crippen LogP contribution in [-0.2, 0) is 19.0 Å². The van der Waals surface area contributed by atoms with E-state index < -0.39 is 23.7 Å². The third-order valence-electron chi connectivity index (χ3n) is 3.75. The first kappa shape index (κ1) is 19.4. The van der Waals surface area contributed by atoms with Gasteiger partial charge in [-0.1, -0.05) is 30.3 Å². The zero-order valence-corrected chi connectivity index (χ0v) is 14.6. The number of ketones is 1. The van der Waals surface area contributed by atoms with Crippen LogP contribution >= 0.6 is 0 Å². The molecule has 2 atom stereocenters. The maximum Gasteiger partial charge on any atom is 0.303 e. The van der Waals surface area contributed by atoms with Crippen molar-refractivity contribution < 1.29 is 33.3 Å². The van der Waals surface area contributed by atoms with Crippen molar-refractivity contribution in [1.82, 2.24) is 0 Å². The van der Waals surface area contributed by atoms with Crippen molar-refractivity contribution in [2.45, 2.75) is 18.9 Å². The zero-order valence-electron chi connectivity index (χ0n) is 14.6. The summed E-state index contributed by atoms with van der Waals surface area (Å²) in [6, 6.07) is 8.47. The molecule has 0 bridgehead atoms. The second-order valence-corrected chi connectivity index (χ2v) is 5.47. The van der Waals surface area contributed by atoms with E-state index in [1.165, 1.54) is 19.3 Å². The van der Waals surface area contributed by atoms with Gasteiger partial charge in [-0.3, -0.25) is 9.59 Å². The number of alkyl halides is 1. The summed E-state index contributed by atoms with van der Waals surface area (Å²) in [5.41, 5.74) is 0.448. The number of aliphatic hydroxyl groups excluding tert-OH is 1. The van der Waals surface area contributed by atoms with Crippen LogP contribution in [0.4, 0.5) is 4.39 Å². The molecule has 0 aliphatic heterocycles. The summed E-state index contributed by atoms with van der Waals surface area (Å²) in [5, 5.41) is 10.2. The minimum absolute atomic E-state index is 0.00774. The topological polar surface area (TPSA) is 82.1 Å². The predicted octanol–water partition coefficient (Wildman–Crippen LogP) is 3.03. The highest BCUT2D eigenvalue weighted by molar-refractivity contribution is 6.04. The lowest BCUT2D eigenvalue weighted by Crippen LogP contribution is -2.45. The van der Waals surface area contributed by atoms with Crippen molar-refractivity contribution >= 4 is 11.8 Å².